The first-order chi connectivity index (χ1) is 8.22. The van der Waals surface area contributed by atoms with Gasteiger partial charge in [0.25, 0.3) is 0 Å². The zero-order valence-corrected chi connectivity index (χ0v) is 9.99. The Morgan fingerprint density at radius 3 is 3.00 bits per heavy atom. The predicted octanol–water partition coefficient (Wildman–Crippen LogP) is 2.66. The van der Waals surface area contributed by atoms with Crippen molar-refractivity contribution in [1.29, 1.82) is 5.26 Å². The van der Waals surface area contributed by atoms with E-state index in [1.807, 2.05) is 19.1 Å². The fourth-order valence-corrected chi connectivity index (χ4v) is 2.13. The summed E-state index contributed by atoms with van der Waals surface area (Å²) in [5.41, 5.74) is 3.30. The monoisotopic (exact) mass is 228 g/mol. The van der Waals surface area contributed by atoms with Crippen LogP contribution in [-0.2, 0) is 17.6 Å². The maximum absolute atomic E-state index is 11.2. The summed E-state index contributed by atoms with van der Waals surface area (Å²) in [7, 11) is 0. The quantitative estimate of drug-likeness (QED) is 0.864. The number of nitrogens with one attached hydrogen (secondary N) is 1. The highest BCUT2D eigenvalue weighted by Gasteiger charge is 2.15. The van der Waals surface area contributed by atoms with E-state index in [1.54, 1.807) is 0 Å². The van der Waals surface area contributed by atoms with Crippen LogP contribution < -0.4 is 5.32 Å². The topological polar surface area (TPSA) is 52.9 Å². The Bertz CT molecular complexity index is 474. The summed E-state index contributed by atoms with van der Waals surface area (Å²) in [5, 5.41) is 11.8. The van der Waals surface area contributed by atoms with Crippen molar-refractivity contribution in [3.05, 3.63) is 29.3 Å². The van der Waals surface area contributed by atoms with E-state index in [0.717, 1.165) is 24.9 Å². The van der Waals surface area contributed by atoms with Gasteiger partial charge in [-0.15, -0.1) is 0 Å². The molecule has 0 aliphatic carbocycles. The number of fused-ring (bicyclic) bond motifs is 1. The molecule has 1 amide bonds. The zero-order chi connectivity index (χ0) is 12.3. The van der Waals surface area contributed by atoms with E-state index >= 15 is 0 Å². The van der Waals surface area contributed by atoms with Gasteiger partial charge in [0.15, 0.2) is 0 Å². The Morgan fingerprint density at radius 2 is 2.29 bits per heavy atom. The standard InChI is InChI=1S/C14H16N2O/c1-2-10(9-15)7-11-3-5-13-12(8-11)4-6-14(17)16-13/h3,5,8,10H,2,4,6-7H2,1H3,(H,16,17). The molecular weight excluding hydrogens is 212 g/mol. The Balaban J connectivity index is 2.17. The van der Waals surface area contributed by atoms with E-state index < -0.39 is 0 Å². The summed E-state index contributed by atoms with van der Waals surface area (Å²) in [5.74, 6) is 0.181. The Hall–Kier alpha value is -1.82. The lowest BCUT2D eigenvalue weighted by atomic mass is 9.94. The lowest BCUT2D eigenvalue weighted by Gasteiger charge is -2.18. The fraction of sp³-hybridized carbons (Fsp3) is 0.429. The van der Waals surface area contributed by atoms with E-state index in [2.05, 4.69) is 17.5 Å². The van der Waals surface area contributed by atoms with Crippen molar-refractivity contribution in [3.63, 3.8) is 0 Å². The number of nitriles is 1. The Morgan fingerprint density at radius 1 is 1.47 bits per heavy atom. The van der Waals surface area contributed by atoms with Crippen molar-refractivity contribution < 1.29 is 4.79 Å². The van der Waals surface area contributed by atoms with Gasteiger partial charge in [-0.1, -0.05) is 19.1 Å². The molecule has 0 saturated heterocycles. The van der Waals surface area contributed by atoms with Crippen LogP contribution in [0, 0.1) is 17.2 Å². The molecule has 1 atom stereocenters. The molecule has 3 heteroatoms. The number of hydrogen-bond donors (Lipinski definition) is 1. The minimum absolute atomic E-state index is 0.0891. The molecule has 1 aliphatic rings. The number of amides is 1. The number of hydrogen-bond acceptors (Lipinski definition) is 2. The smallest absolute Gasteiger partial charge is 0.224 e. The predicted molar refractivity (Wildman–Crippen MR) is 66.5 cm³/mol. The highest BCUT2D eigenvalue weighted by molar-refractivity contribution is 5.93. The highest BCUT2D eigenvalue weighted by atomic mass is 16.1. The maximum Gasteiger partial charge on any atom is 0.224 e. The van der Waals surface area contributed by atoms with Crippen LogP contribution in [0.1, 0.15) is 30.9 Å². The van der Waals surface area contributed by atoms with E-state index in [-0.39, 0.29) is 11.8 Å². The zero-order valence-electron chi connectivity index (χ0n) is 9.99. The molecule has 1 aliphatic heterocycles. The number of carbonyl (C=O) groups excluding carboxylic acids is 1. The Labute approximate surface area is 101 Å². The van der Waals surface area contributed by atoms with Crippen molar-refractivity contribution in [2.24, 2.45) is 5.92 Å². The average molecular weight is 228 g/mol. The molecule has 1 aromatic rings. The third kappa shape index (κ3) is 2.65. The second-order valence-corrected chi connectivity index (χ2v) is 4.48. The molecule has 17 heavy (non-hydrogen) atoms. The van der Waals surface area contributed by atoms with Gasteiger partial charge in [0.2, 0.25) is 5.91 Å². The lowest BCUT2D eigenvalue weighted by molar-refractivity contribution is -0.116. The Kier molecular flexibility index (Phi) is 3.43. The molecule has 0 aromatic heterocycles. The highest BCUT2D eigenvalue weighted by Crippen LogP contribution is 2.24. The van der Waals surface area contributed by atoms with Crippen LogP contribution in [0.2, 0.25) is 0 Å². The van der Waals surface area contributed by atoms with Gasteiger partial charge in [-0.25, -0.2) is 0 Å². The largest absolute Gasteiger partial charge is 0.326 e. The molecule has 3 nitrogen and oxygen atoms in total. The van der Waals surface area contributed by atoms with Crippen molar-refractivity contribution in [3.8, 4) is 6.07 Å². The van der Waals surface area contributed by atoms with Crippen molar-refractivity contribution in [2.45, 2.75) is 32.6 Å². The lowest BCUT2D eigenvalue weighted by Crippen LogP contribution is -2.19. The summed E-state index contributed by atoms with van der Waals surface area (Å²) in [4.78, 5) is 11.2. The van der Waals surface area contributed by atoms with Crippen molar-refractivity contribution in [1.82, 2.24) is 0 Å². The number of rotatable bonds is 3. The van der Waals surface area contributed by atoms with Gasteiger partial charge < -0.3 is 5.32 Å². The fourth-order valence-electron chi connectivity index (χ4n) is 2.13. The first-order valence-corrected chi connectivity index (χ1v) is 6.04. The molecule has 1 N–H and O–H groups in total. The van der Waals surface area contributed by atoms with Gasteiger partial charge in [0.05, 0.1) is 12.0 Å². The molecule has 0 fully saturated rings. The van der Waals surface area contributed by atoms with Crippen molar-refractivity contribution in [2.75, 3.05) is 5.32 Å². The van der Waals surface area contributed by atoms with Gasteiger partial charge in [0.1, 0.15) is 0 Å². The number of anilines is 1. The van der Waals surface area contributed by atoms with Crippen LogP contribution in [0.4, 0.5) is 5.69 Å². The third-order valence-electron chi connectivity index (χ3n) is 3.22. The van der Waals surface area contributed by atoms with Crippen LogP contribution in [0.5, 0.6) is 0 Å². The summed E-state index contributed by atoms with van der Waals surface area (Å²) in [6.45, 7) is 2.03. The minimum Gasteiger partial charge on any atom is -0.326 e. The van der Waals surface area contributed by atoms with E-state index in [0.29, 0.717) is 6.42 Å². The molecule has 0 spiro atoms. The van der Waals surface area contributed by atoms with Gasteiger partial charge in [-0.05, 0) is 36.5 Å². The molecule has 1 unspecified atom stereocenters. The van der Waals surface area contributed by atoms with Gasteiger partial charge in [-0.3, -0.25) is 4.79 Å². The first kappa shape index (κ1) is 11.7. The second kappa shape index (κ2) is 5.01. The molecule has 1 heterocycles. The molecule has 0 bridgehead atoms. The summed E-state index contributed by atoms with van der Waals surface area (Å²) in [6.07, 6.45) is 3.04. The van der Waals surface area contributed by atoms with E-state index in [4.69, 9.17) is 5.26 Å². The number of carbonyl (C=O) groups is 1. The van der Waals surface area contributed by atoms with Gasteiger partial charge in [0, 0.05) is 12.1 Å². The minimum atomic E-state index is 0.0891. The van der Waals surface area contributed by atoms with Gasteiger partial charge in [-0.2, -0.15) is 5.26 Å². The van der Waals surface area contributed by atoms with Crippen LogP contribution in [-0.4, -0.2) is 5.91 Å². The molecule has 2 rings (SSSR count). The third-order valence-corrected chi connectivity index (χ3v) is 3.22. The summed E-state index contributed by atoms with van der Waals surface area (Å²) in [6, 6.07) is 8.39. The summed E-state index contributed by atoms with van der Waals surface area (Å²) >= 11 is 0. The molecule has 1 aromatic carbocycles. The average Bonchev–Trinajstić information content (AvgIpc) is 2.36. The normalized spacial score (nSPS) is 15.6. The van der Waals surface area contributed by atoms with Crippen molar-refractivity contribution >= 4 is 11.6 Å². The molecule has 88 valence electrons. The first-order valence-electron chi connectivity index (χ1n) is 6.04. The molecular formula is C14H16N2O. The van der Waals surface area contributed by atoms with Crippen LogP contribution >= 0.6 is 0 Å². The molecule has 0 saturated carbocycles. The number of benzene rings is 1. The number of nitrogens with zero attached hydrogens (tertiary/aromatic N) is 1. The van der Waals surface area contributed by atoms with E-state index in [1.165, 1.54) is 11.1 Å². The summed E-state index contributed by atoms with van der Waals surface area (Å²) < 4.78 is 0. The van der Waals surface area contributed by atoms with Crippen LogP contribution in [0.3, 0.4) is 0 Å². The van der Waals surface area contributed by atoms with E-state index in [9.17, 15) is 4.79 Å². The SMILES string of the molecule is CCC(C#N)Cc1ccc2c(c1)CCC(=O)N2. The van der Waals surface area contributed by atoms with Crippen LogP contribution in [0.25, 0.3) is 0 Å². The number of aryl methyl sites for hydroxylation is 1. The van der Waals surface area contributed by atoms with Gasteiger partial charge >= 0.3 is 0 Å². The second-order valence-electron chi connectivity index (χ2n) is 4.48. The van der Waals surface area contributed by atoms with Crippen LogP contribution in [0.15, 0.2) is 18.2 Å². The maximum atomic E-state index is 11.2. The molecule has 0 radical (unpaired) electrons.